The van der Waals surface area contributed by atoms with Gasteiger partial charge in [-0.05, 0) is 12.1 Å². The third kappa shape index (κ3) is 2.66. The number of benzene rings is 1. The maximum atomic E-state index is 8.96. The van der Waals surface area contributed by atoms with E-state index in [1.54, 1.807) is 12.1 Å². The van der Waals surface area contributed by atoms with Crippen molar-refractivity contribution in [2.45, 2.75) is 13.8 Å². The summed E-state index contributed by atoms with van der Waals surface area (Å²) in [7, 11) is 0. The molecule has 0 fully saturated rings. The number of fused-ring (bicyclic) bond motifs is 1. The first kappa shape index (κ1) is 13.3. The van der Waals surface area contributed by atoms with Crippen LogP contribution < -0.4 is 0 Å². The molecule has 0 unspecified atom stereocenters. The molecule has 1 aromatic heterocycles. The molecule has 0 spiro atoms. The van der Waals surface area contributed by atoms with Crippen molar-refractivity contribution in [2.24, 2.45) is 0 Å². The topological polar surface area (TPSA) is 49.6 Å². The first-order chi connectivity index (χ1) is 8.19. The molecule has 2 rings (SSSR count). The lowest BCUT2D eigenvalue weighted by Gasteiger charge is -2.06. The summed E-state index contributed by atoms with van der Waals surface area (Å²) < 4.78 is 1.66. The summed E-state index contributed by atoms with van der Waals surface area (Å²) in [6.45, 7) is 0. The lowest BCUT2D eigenvalue weighted by atomic mass is 10.2. The molecule has 17 heavy (non-hydrogen) atoms. The number of hydrogen-bond acceptors (Lipinski definition) is 4. The Morgan fingerprint density at radius 1 is 1.12 bits per heavy atom. The number of halogens is 2. The molecule has 0 bridgehead atoms. The van der Waals surface area contributed by atoms with E-state index < -0.39 is 0 Å². The molecular formula is C11H7I2N3S. The highest BCUT2D eigenvalue weighted by Crippen LogP contribution is 2.22. The standard InChI is InChI=1S/C11H7I2N3S/c12-3-9-10(4-13)16-8-2-11(17)6(5-14)1-7(8)15-9/h1-2,17H,3-4H2. The van der Waals surface area contributed by atoms with Gasteiger partial charge in [-0.1, -0.05) is 45.2 Å². The third-order valence-corrected chi connectivity index (χ3v) is 4.13. The number of alkyl halides is 2. The fourth-order valence-electron chi connectivity index (χ4n) is 1.47. The van der Waals surface area contributed by atoms with Gasteiger partial charge in [-0.15, -0.1) is 12.6 Å². The van der Waals surface area contributed by atoms with Crippen LogP contribution in [-0.2, 0) is 8.86 Å². The van der Waals surface area contributed by atoms with Crippen LogP contribution in [0.4, 0.5) is 0 Å². The first-order valence-electron chi connectivity index (χ1n) is 4.74. The van der Waals surface area contributed by atoms with Crippen LogP contribution in [0.1, 0.15) is 17.0 Å². The van der Waals surface area contributed by atoms with Crippen LogP contribution in [0.2, 0.25) is 0 Å². The van der Waals surface area contributed by atoms with Gasteiger partial charge >= 0.3 is 0 Å². The van der Waals surface area contributed by atoms with Gasteiger partial charge in [0.1, 0.15) is 6.07 Å². The van der Waals surface area contributed by atoms with Gasteiger partial charge in [0.25, 0.3) is 0 Å². The van der Waals surface area contributed by atoms with Gasteiger partial charge in [0.05, 0.1) is 28.0 Å². The summed E-state index contributed by atoms with van der Waals surface area (Å²) in [5.41, 5.74) is 4.10. The van der Waals surface area contributed by atoms with Crippen molar-refractivity contribution in [1.29, 1.82) is 5.26 Å². The number of nitriles is 1. The van der Waals surface area contributed by atoms with Gasteiger partial charge in [-0.2, -0.15) is 5.26 Å². The van der Waals surface area contributed by atoms with E-state index in [0.29, 0.717) is 10.5 Å². The number of hydrogen-bond donors (Lipinski definition) is 1. The van der Waals surface area contributed by atoms with E-state index in [4.69, 9.17) is 5.26 Å². The monoisotopic (exact) mass is 467 g/mol. The van der Waals surface area contributed by atoms with Crippen LogP contribution in [-0.4, -0.2) is 9.97 Å². The second-order valence-electron chi connectivity index (χ2n) is 3.35. The Labute approximate surface area is 132 Å². The van der Waals surface area contributed by atoms with Crippen molar-refractivity contribution in [3.63, 3.8) is 0 Å². The molecule has 0 aliphatic heterocycles. The molecule has 3 nitrogen and oxygen atoms in total. The van der Waals surface area contributed by atoms with Crippen LogP contribution in [0.3, 0.4) is 0 Å². The van der Waals surface area contributed by atoms with Gasteiger partial charge in [0.2, 0.25) is 0 Å². The third-order valence-electron chi connectivity index (χ3n) is 2.31. The predicted octanol–water partition coefficient (Wildman–Crippen LogP) is 3.66. The van der Waals surface area contributed by atoms with Crippen LogP contribution in [0.5, 0.6) is 0 Å². The Morgan fingerprint density at radius 3 is 2.12 bits per heavy atom. The van der Waals surface area contributed by atoms with Crippen molar-refractivity contribution in [3.8, 4) is 6.07 Å². The minimum Gasteiger partial charge on any atom is -0.248 e. The van der Waals surface area contributed by atoms with E-state index in [1.807, 2.05) is 0 Å². The minimum atomic E-state index is 0.539. The molecule has 0 amide bonds. The van der Waals surface area contributed by atoms with E-state index in [2.05, 4.69) is 73.8 Å². The number of thiol groups is 1. The quantitative estimate of drug-likeness (QED) is 0.417. The molecular weight excluding hydrogens is 460 g/mol. The second kappa shape index (κ2) is 5.67. The molecule has 1 aromatic carbocycles. The molecule has 0 saturated heterocycles. The summed E-state index contributed by atoms with van der Waals surface area (Å²) in [4.78, 5) is 9.77. The average Bonchev–Trinajstić information content (AvgIpc) is 2.36. The highest BCUT2D eigenvalue weighted by molar-refractivity contribution is 14.1. The van der Waals surface area contributed by atoms with Gasteiger partial charge in [-0.25, -0.2) is 9.97 Å². The summed E-state index contributed by atoms with van der Waals surface area (Å²) in [5, 5.41) is 8.96. The first-order valence-corrected chi connectivity index (χ1v) is 8.24. The lowest BCUT2D eigenvalue weighted by molar-refractivity contribution is 1.09. The zero-order valence-corrected chi connectivity index (χ0v) is 13.8. The van der Waals surface area contributed by atoms with E-state index in [-0.39, 0.29) is 0 Å². The van der Waals surface area contributed by atoms with Crippen molar-refractivity contribution in [3.05, 3.63) is 29.1 Å². The van der Waals surface area contributed by atoms with Crippen molar-refractivity contribution < 1.29 is 0 Å². The fraction of sp³-hybridized carbons (Fsp3) is 0.182. The summed E-state index contributed by atoms with van der Waals surface area (Å²) in [5.74, 6) is 0. The smallest absolute Gasteiger partial charge is 0.100 e. The van der Waals surface area contributed by atoms with E-state index in [9.17, 15) is 0 Å². The number of nitrogens with zero attached hydrogens (tertiary/aromatic N) is 3. The maximum Gasteiger partial charge on any atom is 0.100 e. The lowest BCUT2D eigenvalue weighted by Crippen LogP contribution is -1.99. The van der Waals surface area contributed by atoms with Gasteiger partial charge < -0.3 is 0 Å². The molecule has 0 aliphatic rings. The van der Waals surface area contributed by atoms with E-state index >= 15 is 0 Å². The normalized spacial score (nSPS) is 10.5. The Bertz CT molecular complexity index is 622. The summed E-state index contributed by atoms with van der Waals surface area (Å²) in [6, 6.07) is 5.66. The van der Waals surface area contributed by atoms with E-state index in [1.165, 1.54) is 0 Å². The van der Waals surface area contributed by atoms with Crippen LogP contribution in [0.25, 0.3) is 11.0 Å². The maximum absolute atomic E-state index is 8.96. The van der Waals surface area contributed by atoms with Gasteiger partial charge in [0, 0.05) is 13.8 Å². The Hall–Kier alpha value is -0.140. The number of aromatic nitrogens is 2. The van der Waals surface area contributed by atoms with Crippen molar-refractivity contribution in [1.82, 2.24) is 9.97 Å². The fourth-order valence-corrected chi connectivity index (χ4v) is 2.93. The zero-order chi connectivity index (χ0) is 12.4. The molecule has 0 saturated carbocycles. The zero-order valence-electron chi connectivity index (χ0n) is 8.61. The van der Waals surface area contributed by atoms with Crippen molar-refractivity contribution in [2.75, 3.05) is 0 Å². The molecule has 2 aromatic rings. The molecule has 0 N–H and O–H groups in total. The Kier molecular flexibility index (Phi) is 4.43. The predicted molar refractivity (Wildman–Crippen MR) is 87.0 cm³/mol. The summed E-state index contributed by atoms with van der Waals surface area (Å²) in [6.07, 6.45) is 0. The summed E-state index contributed by atoms with van der Waals surface area (Å²) >= 11 is 8.83. The largest absolute Gasteiger partial charge is 0.248 e. The molecule has 0 atom stereocenters. The van der Waals surface area contributed by atoms with Gasteiger partial charge in [-0.3, -0.25) is 0 Å². The minimum absolute atomic E-state index is 0.539. The SMILES string of the molecule is N#Cc1cc2nc(CI)c(CI)nc2cc1S. The highest BCUT2D eigenvalue weighted by atomic mass is 127. The highest BCUT2D eigenvalue weighted by Gasteiger charge is 2.09. The Morgan fingerprint density at radius 2 is 1.65 bits per heavy atom. The van der Waals surface area contributed by atoms with Crippen LogP contribution >= 0.6 is 57.8 Å². The van der Waals surface area contributed by atoms with Crippen LogP contribution in [0, 0.1) is 11.3 Å². The molecule has 6 heteroatoms. The molecule has 86 valence electrons. The Balaban J connectivity index is 2.75. The average molecular weight is 467 g/mol. The molecule has 0 radical (unpaired) electrons. The van der Waals surface area contributed by atoms with Crippen molar-refractivity contribution >= 4 is 68.8 Å². The van der Waals surface area contributed by atoms with Gasteiger partial charge in [0.15, 0.2) is 0 Å². The van der Waals surface area contributed by atoms with E-state index in [0.717, 1.165) is 31.3 Å². The number of rotatable bonds is 2. The van der Waals surface area contributed by atoms with Crippen LogP contribution in [0.15, 0.2) is 17.0 Å². The molecule has 1 heterocycles. The molecule has 0 aliphatic carbocycles. The second-order valence-corrected chi connectivity index (χ2v) is 5.36.